The van der Waals surface area contributed by atoms with Crippen molar-refractivity contribution in [3.63, 3.8) is 0 Å². The zero-order valence-electron chi connectivity index (χ0n) is 29.9. The van der Waals surface area contributed by atoms with Gasteiger partial charge in [-0.05, 0) is 54.3 Å². The third-order valence-corrected chi connectivity index (χ3v) is 5.58. The largest absolute Gasteiger partial charge is 0.426 e. The highest BCUT2D eigenvalue weighted by Crippen LogP contribution is 2.49. The Balaban J connectivity index is -0.000000278. The summed E-state index contributed by atoms with van der Waals surface area (Å²) in [6, 6.07) is 0. The number of halogens is 15. The van der Waals surface area contributed by atoms with E-state index in [1.54, 1.807) is 62.3 Å². The van der Waals surface area contributed by atoms with Crippen molar-refractivity contribution < 1.29 is 86.3 Å². The Morgan fingerprint density at radius 1 is 0.367 bits per heavy atom. The lowest BCUT2D eigenvalue weighted by atomic mass is 9.81. The van der Waals surface area contributed by atoms with Gasteiger partial charge in [-0.3, -0.25) is 0 Å². The first-order valence-electron chi connectivity index (χ1n) is 14.6. The predicted octanol–water partition coefficient (Wildman–Crippen LogP) is 10.7. The lowest BCUT2D eigenvalue weighted by molar-refractivity contribution is -0.375. The minimum atomic E-state index is -5.72. The van der Waals surface area contributed by atoms with Crippen LogP contribution in [0.2, 0.25) is 0 Å². The van der Waals surface area contributed by atoms with Crippen LogP contribution >= 0.6 is 0 Å². The summed E-state index contributed by atoms with van der Waals surface area (Å²) in [4.78, 5) is 0. The first kappa shape index (κ1) is 54.6. The summed E-state index contributed by atoms with van der Waals surface area (Å²) in [5.41, 5.74) is -10.0. The van der Waals surface area contributed by atoms with Crippen LogP contribution in [-0.4, -0.2) is 74.7 Å². The number of rotatable bonds is 4. The summed E-state index contributed by atoms with van der Waals surface area (Å²) in [5, 5.41) is 35.0. The Labute approximate surface area is 278 Å². The van der Waals surface area contributed by atoms with E-state index in [9.17, 15) is 65.9 Å². The topological polar surface area (TPSA) is 80.9 Å². The summed E-state index contributed by atoms with van der Waals surface area (Å²) < 4.78 is 180. The van der Waals surface area contributed by atoms with Gasteiger partial charge in [-0.15, -0.1) is 0 Å². The van der Waals surface area contributed by atoms with Gasteiger partial charge in [0.15, 0.2) is 5.60 Å². The monoisotopic (exact) mass is 762 g/mol. The molecule has 0 aliphatic heterocycles. The highest BCUT2D eigenvalue weighted by atomic mass is 19.4. The van der Waals surface area contributed by atoms with E-state index in [1.165, 1.54) is 20.8 Å². The SMILES string of the molecule is CC(C)(C)CC(C)(O)C(F)(F)F.CC(C)(C)CC(O)(C(F)(F)F)C(F)(F)F.CC(C)(C)C[C@@H](O)C(F)(F)F.CC(C)(C)C[C@H](O)C(F)(F)F. The molecule has 0 aromatic heterocycles. The number of alkyl halides is 15. The molecule has 0 heterocycles. The van der Waals surface area contributed by atoms with Gasteiger partial charge in [-0.1, -0.05) is 83.1 Å². The molecule has 0 amide bonds. The van der Waals surface area contributed by atoms with Crippen molar-refractivity contribution in [2.45, 2.75) is 170 Å². The van der Waals surface area contributed by atoms with Gasteiger partial charge in [0.25, 0.3) is 5.60 Å². The van der Waals surface area contributed by atoms with Gasteiger partial charge < -0.3 is 20.4 Å². The van der Waals surface area contributed by atoms with Crippen molar-refractivity contribution in [1.29, 1.82) is 0 Å². The average Bonchev–Trinajstić information content (AvgIpc) is 2.65. The fraction of sp³-hybridized carbons (Fsp3) is 1.00. The maximum Gasteiger partial charge on any atom is 0.426 e. The van der Waals surface area contributed by atoms with Gasteiger partial charge in [-0.2, -0.15) is 65.9 Å². The van der Waals surface area contributed by atoms with Gasteiger partial charge >= 0.3 is 30.9 Å². The first-order valence-corrected chi connectivity index (χ1v) is 14.6. The smallest absolute Gasteiger partial charge is 0.384 e. The van der Waals surface area contributed by atoms with E-state index in [0.29, 0.717) is 0 Å². The standard InChI is InChI=1S/C8H12F6O.C8H15F3O.2C7H13F3O/c1-5(2,3)4-6(15,7(9,10)11)8(12,13)14;1-6(2,3)5-7(4,12)8(9,10)11;2*1-6(2,3)4-5(11)7(8,9)10/h15H,4H2,1-3H3;12H,5H2,1-4H3;2*5,11H,4H2,1-3H3/t;;2*5-/m..10/s1. The van der Waals surface area contributed by atoms with Crippen molar-refractivity contribution in [1.82, 2.24) is 0 Å². The van der Waals surface area contributed by atoms with Gasteiger partial charge in [0.05, 0.1) is 0 Å². The second-order valence-corrected chi connectivity index (χ2v) is 16.7. The molecule has 4 N–H and O–H groups in total. The molecule has 0 spiro atoms. The predicted molar refractivity (Wildman–Crippen MR) is 154 cm³/mol. The number of aliphatic hydroxyl groups is 4. The van der Waals surface area contributed by atoms with Gasteiger partial charge in [0.1, 0.15) is 12.2 Å². The molecule has 0 saturated carbocycles. The van der Waals surface area contributed by atoms with Crippen LogP contribution in [0.1, 0.15) is 116 Å². The van der Waals surface area contributed by atoms with Crippen molar-refractivity contribution in [2.24, 2.45) is 21.7 Å². The molecular formula is C30H53F15O4. The van der Waals surface area contributed by atoms with Crippen molar-refractivity contribution >= 4 is 0 Å². The third-order valence-electron chi connectivity index (χ3n) is 5.58. The highest BCUT2D eigenvalue weighted by molar-refractivity contribution is 4.96. The molecule has 4 nitrogen and oxygen atoms in total. The molecule has 0 aliphatic rings. The van der Waals surface area contributed by atoms with E-state index >= 15 is 0 Å². The second kappa shape index (κ2) is 17.5. The zero-order chi connectivity index (χ0) is 41.5. The van der Waals surface area contributed by atoms with Crippen LogP contribution in [0.4, 0.5) is 65.9 Å². The summed E-state index contributed by atoms with van der Waals surface area (Å²) in [5.74, 6) is 0. The maximum atomic E-state index is 12.2. The first-order chi connectivity index (χ1) is 20.4. The van der Waals surface area contributed by atoms with Crippen LogP contribution in [0.3, 0.4) is 0 Å². The number of hydrogen-bond acceptors (Lipinski definition) is 4. The quantitative estimate of drug-likeness (QED) is 0.215. The van der Waals surface area contributed by atoms with Crippen LogP contribution in [0.5, 0.6) is 0 Å². The maximum absolute atomic E-state index is 12.2. The Hall–Kier alpha value is -1.21. The molecule has 19 heteroatoms. The lowest BCUT2D eigenvalue weighted by Gasteiger charge is -2.36. The van der Waals surface area contributed by atoms with Crippen LogP contribution in [0.25, 0.3) is 0 Å². The molecule has 0 rings (SSSR count). The molecule has 49 heavy (non-hydrogen) atoms. The Morgan fingerprint density at radius 2 is 0.592 bits per heavy atom. The van der Waals surface area contributed by atoms with Gasteiger partial charge in [0.2, 0.25) is 0 Å². The normalized spacial score (nSPS) is 16.9. The van der Waals surface area contributed by atoms with Gasteiger partial charge in [-0.25, -0.2) is 0 Å². The molecule has 1 unspecified atom stereocenters. The molecule has 0 saturated heterocycles. The summed E-state index contributed by atoms with van der Waals surface area (Å²) in [7, 11) is 0. The summed E-state index contributed by atoms with van der Waals surface area (Å²) in [6.07, 6.45) is -31.5. The fourth-order valence-corrected chi connectivity index (χ4v) is 3.65. The van der Waals surface area contributed by atoms with E-state index in [0.717, 1.165) is 6.92 Å². The van der Waals surface area contributed by atoms with E-state index in [4.69, 9.17) is 20.4 Å². The van der Waals surface area contributed by atoms with Crippen molar-refractivity contribution in [2.75, 3.05) is 0 Å². The molecule has 0 aromatic carbocycles. The van der Waals surface area contributed by atoms with Crippen LogP contribution < -0.4 is 0 Å². The van der Waals surface area contributed by atoms with E-state index in [1.807, 2.05) is 0 Å². The Morgan fingerprint density at radius 3 is 0.653 bits per heavy atom. The molecule has 0 aromatic rings. The molecular weight excluding hydrogens is 709 g/mol. The minimum absolute atomic E-state index is 0.253. The molecule has 3 atom stereocenters. The zero-order valence-corrected chi connectivity index (χ0v) is 29.9. The minimum Gasteiger partial charge on any atom is -0.384 e. The number of aliphatic hydroxyl groups excluding tert-OH is 2. The Kier molecular flexibility index (Phi) is 19.5. The second-order valence-electron chi connectivity index (χ2n) is 16.7. The highest BCUT2D eigenvalue weighted by Gasteiger charge is 2.70. The van der Waals surface area contributed by atoms with E-state index in [-0.39, 0.29) is 19.3 Å². The van der Waals surface area contributed by atoms with E-state index in [2.05, 4.69) is 0 Å². The summed E-state index contributed by atoms with van der Waals surface area (Å²) in [6.45, 7) is 19.3. The molecule has 302 valence electrons. The van der Waals surface area contributed by atoms with Crippen molar-refractivity contribution in [3.05, 3.63) is 0 Å². The van der Waals surface area contributed by atoms with Crippen molar-refractivity contribution in [3.8, 4) is 0 Å². The average molecular weight is 763 g/mol. The van der Waals surface area contributed by atoms with E-state index < -0.39 is 82.4 Å². The molecule has 0 radical (unpaired) electrons. The third kappa shape index (κ3) is 26.3. The lowest BCUT2D eigenvalue weighted by Crippen LogP contribution is -2.58. The summed E-state index contributed by atoms with van der Waals surface area (Å²) >= 11 is 0. The molecule has 0 bridgehead atoms. The van der Waals surface area contributed by atoms with Crippen LogP contribution in [-0.2, 0) is 0 Å². The van der Waals surface area contributed by atoms with Crippen LogP contribution in [0, 0.1) is 21.7 Å². The molecule has 0 fully saturated rings. The molecule has 0 aliphatic carbocycles. The van der Waals surface area contributed by atoms with Gasteiger partial charge in [0, 0.05) is 0 Å². The Bertz CT molecular complexity index is 873. The van der Waals surface area contributed by atoms with Crippen LogP contribution in [0.15, 0.2) is 0 Å². The number of hydrogen-bond donors (Lipinski definition) is 4. The fourth-order valence-electron chi connectivity index (χ4n) is 3.65.